The number of halogens is 2. The highest BCUT2D eigenvalue weighted by atomic mass is 19.1. The molecule has 1 saturated heterocycles. The highest BCUT2D eigenvalue weighted by Crippen LogP contribution is 2.24. The number of likely N-dealkylation sites (tertiary alicyclic amines) is 1. The molecular formula is C19H25F2N5O. The molecule has 1 aromatic carbocycles. The van der Waals surface area contributed by atoms with Gasteiger partial charge in [0, 0.05) is 39.4 Å². The normalized spacial score (nSPS) is 15.2. The van der Waals surface area contributed by atoms with Gasteiger partial charge in [-0.1, -0.05) is 11.3 Å². The smallest absolute Gasteiger partial charge is 0.320 e. The number of carbonyl (C=O) groups is 1. The van der Waals surface area contributed by atoms with Crippen molar-refractivity contribution in [3.63, 3.8) is 0 Å². The Morgan fingerprint density at radius 3 is 2.67 bits per heavy atom. The summed E-state index contributed by atoms with van der Waals surface area (Å²) < 4.78 is 28.3. The molecule has 2 aromatic rings. The fourth-order valence-electron chi connectivity index (χ4n) is 3.52. The monoisotopic (exact) mass is 377 g/mol. The van der Waals surface area contributed by atoms with E-state index in [2.05, 4.69) is 10.3 Å². The molecule has 0 bridgehead atoms. The molecule has 2 heterocycles. The lowest BCUT2D eigenvalue weighted by atomic mass is 9.90. The molecule has 0 spiro atoms. The topological polar surface area (TPSA) is 54.3 Å². The van der Waals surface area contributed by atoms with Gasteiger partial charge in [0.1, 0.15) is 17.3 Å². The second-order valence-corrected chi connectivity index (χ2v) is 7.23. The van der Waals surface area contributed by atoms with Crippen LogP contribution in [0.15, 0.2) is 24.4 Å². The van der Waals surface area contributed by atoms with E-state index in [-0.39, 0.29) is 6.03 Å². The van der Waals surface area contributed by atoms with Gasteiger partial charge in [0.05, 0.1) is 6.54 Å². The summed E-state index contributed by atoms with van der Waals surface area (Å²) in [7, 11) is 3.56. The van der Waals surface area contributed by atoms with Gasteiger partial charge in [0.25, 0.3) is 0 Å². The molecule has 27 heavy (non-hydrogen) atoms. The molecule has 146 valence electrons. The van der Waals surface area contributed by atoms with Gasteiger partial charge in [-0.15, -0.1) is 5.10 Å². The third-order valence-corrected chi connectivity index (χ3v) is 5.10. The molecule has 3 rings (SSSR count). The standard InChI is InChI=1S/C19H25F2N5O/c1-24(12-17-13-25(2)23-22-17)19(27)26-9-7-14(8-10-26)3-4-15-5-6-16(20)11-18(15)21/h5-6,11,13-14H,3-4,7-10,12H2,1-2H3. The van der Waals surface area contributed by atoms with Crippen molar-refractivity contribution in [1.82, 2.24) is 24.8 Å². The summed E-state index contributed by atoms with van der Waals surface area (Å²) in [5.74, 6) is -0.578. The van der Waals surface area contributed by atoms with Crippen molar-refractivity contribution >= 4 is 6.03 Å². The number of carbonyl (C=O) groups excluding carboxylic acids is 1. The molecule has 0 saturated carbocycles. The molecule has 1 aromatic heterocycles. The summed E-state index contributed by atoms with van der Waals surface area (Å²) >= 11 is 0. The molecule has 8 heteroatoms. The first kappa shape index (κ1) is 19.3. The van der Waals surface area contributed by atoms with Crippen molar-refractivity contribution in [2.75, 3.05) is 20.1 Å². The zero-order valence-corrected chi connectivity index (χ0v) is 15.7. The minimum atomic E-state index is -0.548. The van der Waals surface area contributed by atoms with Gasteiger partial charge in [-0.3, -0.25) is 4.68 Å². The van der Waals surface area contributed by atoms with E-state index in [1.54, 1.807) is 29.9 Å². The Morgan fingerprint density at radius 2 is 2.04 bits per heavy atom. The number of benzene rings is 1. The molecule has 0 atom stereocenters. The molecule has 6 nitrogen and oxygen atoms in total. The molecule has 0 radical (unpaired) electrons. The maximum absolute atomic E-state index is 13.7. The lowest BCUT2D eigenvalue weighted by Crippen LogP contribution is -2.45. The van der Waals surface area contributed by atoms with Gasteiger partial charge < -0.3 is 9.80 Å². The predicted octanol–water partition coefficient (Wildman–Crippen LogP) is 2.99. The Morgan fingerprint density at radius 1 is 1.30 bits per heavy atom. The van der Waals surface area contributed by atoms with Crippen LogP contribution in [-0.2, 0) is 20.0 Å². The second kappa shape index (κ2) is 8.45. The Balaban J connectivity index is 1.44. The fourth-order valence-corrected chi connectivity index (χ4v) is 3.52. The highest BCUT2D eigenvalue weighted by Gasteiger charge is 2.25. The fraction of sp³-hybridized carbons (Fsp3) is 0.526. The Hall–Kier alpha value is -2.51. The highest BCUT2D eigenvalue weighted by molar-refractivity contribution is 5.74. The third-order valence-electron chi connectivity index (χ3n) is 5.10. The Bertz CT molecular complexity index is 786. The summed E-state index contributed by atoms with van der Waals surface area (Å²) in [6.45, 7) is 1.82. The number of hydrogen-bond acceptors (Lipinski definition) is 3. The van der Waals surface area contributed by atoms with Crippen molar-refractivity contribution in [2.45, 2.75) is 32.2 Å². The van der Waals surface area contributed by atoms with Crippen LogP contribution in [0, 0.1) is 17.6 Å². The number of urea groups is 1. The number of amides is 2. The minimum Gasteiger partial charge on any atom is -0.325 e. The van der Waals surface area contributed by atoms with Gasteiger partial charge in [-0.05, 0) is 43.2 Å². The van der Waals surface area contributed by atoms with Gasteiger partial charge in [0.2, 0.25) is 0 Å². The molecule has 0 aliphatic carbocycles. The van der Waals surface area contributed by atoms with Crippen LogP contribution in [0.25, 0.3) is 0 Å². The summed E-state index contributed by atoms with van der Waals surface area (Å²) in [5.41, 5.74) is 1.31. The van der Waals surface area contributed by atoms with Crippen molar-refractivity contribution in [1.29, 1.82) is 0 Å². The molecule has 1 fully saturated rings. The molecule has 0 unspecified atom stereocenters. The number of aryl methyl sites for hydroxylation is 2. The van der Waals surface area contributed by atoms with E-state index >= 15 is 0 Å². The maximum atomic E-state index is 13.7. The SMILES string of the molecule is CN(Cc1cn(C)nn1)C(=O)N1CCC(CCc2ccc(F)cc2F)CC1. The van der Waals surface area contributed by atoms with Crippen molar-refractivity contribution in [3.05, 3.63) is 47.3 Å². The van der Waals surface area contributed by atoms with Crippen molar-refractivity contribution in [3.8, 4) is 0 Å². The zero-order valence-electron chi connectivity index (χ0n) is 15.7. The molecule has 1 aliphatic heterocycles. The summed E-state index contributed by atoms with van der Waals surface area (Å²) in [6.07, 6.45) is 5.03. The summed E-state index contributed by atoms with van der Waals surface area (Å²) in [4.78, 5) is 16.1. The molecule has 1 aliphatic rings. The number of rotatable bonds is 5. The van der Waals surface area contributed by atoms with E-state index < -0.39 is 11.6 Å². The lowest BCUT2D eigenvalue weighted by molar-refractivity contribution is 0.137. The van der Waals surface area contributed by atoms with Crippen LogP contribution in [0.4, 0.5) is 13.6 Å². The quantitative estimate of drug-likeness (QED) is 0.805. The largest absolute Gasteiger partial charge is 0.325 e. The summed E-state index contributed by atoms with van der Waals surface area (Å²) in [6, 6.07) is 3.74. The van der Waals surface area contributed by atoms with E-state index in [1.807, 2.05) is 4.90 Å². The maximum Gasteiger partial charge on any atom is 0.320 e. The molecule has 2 amide bonds. The van der Waals surface area contributed by atoms with Gasteiger partial charge in [-0.2, -0.15) is 0 Å². The van der Waals surface area contributed by atoms with E-state index in [4.69, 9.17) is 0 Å². The number of piperidine rings is 1. The predicted molar refractivity (Wildman–Crippen MR) is 96.8 cm³/mol. The van der Waals surface area contributed by atoms with Crippen LogP contribution in [0.1, 0.15) is 30.5 Å². The third kappa shape index (κ3) is 5.02. The van der Waals surface area contributed by atoms with Crippen LogP contribution < -0.4 is 0 Å². The van der Waals surface area contributed by atoms with Crippen LogP contribution in [0.5, 0.6) is 0 Å². The Labute approximate surface area is 157 Å². The van der Waals surface area contributed by atoms with Crippen LogP contribution in [0.2, 0.25) is 0 Å². The second-order valence-electron chi connectivity index (χ2n) is 7.23. The summed E-state index contributed by atoms with van der Waals surface area (Å²) in [5, 5.41) is 7.88. The number of hydrogen-bond donors (Lipinski definition) is 0. The van der Waals surface area contributed by atoms with Gasteiger partial charge >= 0.3 is 6.03 Å². The first-order valence-electron chi connectivity index (χ1n) is 9.21. The van der Waals surface area contributed by atoms with Gasteiger partial charge in [-0.25, -0.2) is 13.6 Å². The lowest BCUT2D eigenvalue weighted by Gasteiger charge is -2.34. The minimum absolute atomic E-state index is 0.0105. The van der Waals surface area contributed by atoms with Crippen molar-refractivity contribution < 1.29 is 13.6 Å². The van der Waals surface area contributed by atoms with Crippen LogP contribution in [-0.4, -0.2) is 51.0 Å². The van der Waals surface area contributed by atoms with Gasteiger partial charge in [0.15, 0.2) is 0 Å². The zero-order chi connectivity index (χ0) is 19.4. The van der Waals surface area contributed by atoms with Crippen molar-refractivity contribution in [2.24, 2.45) is 13.0 Å². The van der Waals surface area contributed by atoms with E-state index in [0.717, 1.165) is 31.0 Å². The number of nitrogens with zero attached hydrogens (tertiary/aromatic N) is 5. The average molecular weight is 377 g/mol. The van der Waals surface area contributed by atoms with E-state index in [1.165, 1.54) is 12.1 Å². The first-order chi connectivity index (χ1) is 12.9. The number of aromatic nitrogens is 3. The first-order valence-corrected chi connectivity index (χ1v) is 9.21. The average Bonchev–Trinajstić information content (AvgIpc) is 3.05. The molecular weight excluding hydrogens is 352 g/mol. The van der Waals surface area contributed by atoms with Crippen LogP contribution in [0.3, 0.4) is 0 Å². The Kier molecular flexibility index (Phi) is 6.03. The van der Waals surface area contributed by atoms with E-state index in [9.17, 15) is 13.6 Å². The molecule has 0 N–H and O–H groups in total. The van der Waals surface area contributed by atoms with Crippen LogP contribution >= 0.6 is 0 Å². The van der Waals surface area contributed by atoms with E-state index in [0.29, 0.717) is 37.5 Å².